The zero-order valence-electron chi connectivity index (χ0n) is 32.9. The van der Waals surface area contributed by atoms with Gasteiger partial charge in [0.1, 0.15) is 29.7 Å². The maximum atomic E-state index is 16.5. The average molecular weight is 788 g/mol. The normalized spacial score (nSPS) is 21.8. The number of thioether (sulfide) groups is 1. The van der Waals surface area contributed by atoms with E-state index in [0.717, 1.165) is 31.7 Å². The van der Waals surface area contributed by atoms with Gasteiger partial charge in [-0.05, 0) is 87.2 Å². The molecule has 2 N–H and O–H groups in total. The minimum Gasteiger partial charge on any atom is -0.481 e. The smallest absolute Gasteiger partial charge is 0.210 e. The lowest BCUT2D eigenvalue weighted by atomic mass is 9.90. The topological polar surface area (TPSA) is 87.1 Å². The minimum absolute atomic E-state index is 0.0869. The number of methoxy groups -OCH3 is 1. The van der Waals surface area contributed by atoms with E-state index in [1.807, 2.05) is 13.0 Å². The van der Waals surface area contributed by atoms with E-state index in [-0.39, 0.29) is 38.4 Å². The molecule has 7 nitrogen and oxygen atoms in total. The van der Waals surface area contributed by atoms with E-state index in [1.54, 1.807) is 20.1 Å². The predicted molar refractivity (Wildman–Crippen MR) is 216 cm³/mol. The molecule has 0 aromatic heterocycles. The number of hydrogen-bond donors (Lipinski definition) is 1. The zero-order valence-corrected chi connectivity index (χ0v) is 34.5. The Morgan fingerprint density at radius 1 is 1.19 bits per heavy atom. The molecule has 0 spiro atoms. The Hall–Kier alpha value is -3.17. The summed E-state index contributed by atoms with van der Waals surface area (Å²) in [6.45, 7) is 16.0. The molecule has 4 heterocycles. The third kappa shape index (κ3) is 10.4. The Morgan fingerprint density at radius 3 is 2.56 bits per heavy atom. The lowest BCUT2D eigenvalue weighted by Crippen LogP contribution is -2.41. The number of rotatable bonds is 7. The van der Waals surface area contributed by atoms with Crippen molar-refractivity contribution in [2.24, 2.45) is 16.6 Å². The maximum Gasteiger partial charge on any atom is 0.210 e. The number of halogens is 4. The number of nitrogens with two attached hydrogens (primary N) is 1. The van der Waals surface area contributed by atoms with Crippen LogP contribution in [0.3, 0.4) is 0 Å². The van der Waals surface area contributed by atoms with Crippen molar-refractivity contribution in [1.29, 1.82) is 5.26 Å². The summed E-state index contributed by atoms with van der Waals surface area (Å²) in [5.41, 5.74) is 8.07. The molecule has 3 saturated heterocycles. The van der Waals surface area contributed by atoms with Crippen LogP contribution in [-0.2, 0) is 9.47 Å². The van der Waals surface area contributed by atoms with Crippen LogP contribution in [0.15, 0.2) is 45.7 Å². The first-order valence-electron chi connectivity index (χ1n) is 19.3. The third-order valence-corrected chi connectivity index (χ3v) is 11.9. The van der Waals surface area contributed by atoms with Crippen LogP contribution in [0.4, 0.5) is 13.2 Å². The summed E-state index contributed by atoms with van der Waals surface area (Å²) in [6, 6.07) is 7.23. The number of fused-ring (bicyclic) bond motifs is 2. The lowest BCUT2D eigenvalue weighted by molar-refractivity contribution is 0.147. The summed E-state index contributed by atoms with van der Waals surface area (Å²) in [5, 5.41) is 9.97. The highest BCUT2D eigenvalue weighted by Gasteiger charge is 2.35. The molecule has 2 aromatic rings. The number of benzene rings is 2. The fourth-order valence-corrected chi connectivity index (χ4v) is 8.45. The van der Waals surface area contributed by atoms with Crippen LogP contribution in [0, 0.1) is 35.8 Å². The van der Waals surface area contributed by atoms with Gasteiger partial charge >= 0.3 is 0 Å². The molecule has 3 unspecified atom stereocenters. The molecular weight excluding hydrogens is 731 g/mol. The van der Waals surface area contributed by atoms with Crippen molar-refractivity contribution in [2.75, 3.05) is 45.7 Å². The molecule has 0 bridgehead atoms. The maximum absolute atomic E-state index is 16.5. The van der Waals surface area contributed by atoms with Gasteiger partial charge in [-0.3, -0.25) is 4.90 Å². The van der Waals surface area contributed by atoms with Crippen LogP contribution < -0.4 is 5.73 Å². The van der Waals surface area contributed by atoms with Crippen molar-refractivity contribution in [3.05, 3.63) is 69.2 Å². The standard InChI is InChI=1S/C30H33ClF2N4O2S.C7H12FN.C5H12/c1-5-7-25(38-4)36-30(37-11-13-39-12-10-18(37)6-2)20-14-22(31)27(28(33)17(20)3)19-8-9-23(32)29-26(19)21(15-34)24(35)16-40-29;8-6-4-7-2-1-3-9(7)5-6;1-4-5(2)3/h7-9,14,18H,5-6,10-13,16,35H2,1-4H3;6-7H,1-5H2;5H,4H2,1-3H3/b25-7-,36-30+;;. The Kier molecular flexibility index (Phi) is 16.7. The second-order valence-corrected chi connectivity index (χ2v) is 15.9. The predicted octanol–water partition coefficient (Wildman–Crippen LogP) is 10.3. The van der Waals surface area contributed by atoms with Gasteiger partial charge in [-0.25, -0.2) is 13.2 Å². The Balaban J connectivity index is 0.000000385. The van der Waals surface area contributed by atoms with Crippen LogP contribution >= 0.6 is 23.4 Å². The number of nitrogens with zero attached hydrogens (tertiary/aromatic N) is 4. The third-order valence-electron chi connectivity index (χ3n) is 10.5. The van der Waals surface area contributed by atoms with Gasteiger partial charge in [-0.1, -0.05) is 58.7 Å². The largest absolute Gasteiger partial charge is 0.481 e. The molecule has 12 heteroatoms. The minimum atomic E-state index is -0.576. The van der Waals surface area contributed by atoms with E-state index in [4.69, 9.17) is 31.8 Å². The molecule has 2 aromatic carbocycles. The Morgan fingerprint density at radius 2 is 1.93 bits per heavy atom. The van der Waals surface area contributed by atoms with Crippen LogP contribution in [0.5, 0.6) is 0 Å². The van der Waals surface area contributed by atoms with Crippen LogP contribution in [0.2, 0.25) is 5.02 Å². The van der Waals surface area contributed by atoms with Crippen molar-refractivity contribution in [3.8, 4) is 17.2 Å². The fourth-order valence-electron chi connectivity index (χ4n) is 7.15. The Labute approximate surface area is 329 Å². The molecule has 0 amide bonds. The van der Waals surface area contributed by atoms with E-state index in [2.05, 4.69) is 43.6 Å². The van der Waals surface area contributed by atoms with E-state index in [0.29, 0.717) is 72.9 Å². The quantitative estimate of drug-likeness (QED) is 0.170. The molecular formula is C42H57ClF3N5O2S. The SMILES string of the molecule is CC/C=C(/N=C(\c1cc(Cl)c(-c2ccc(F)c3c2C(C#N)=C(N)CS3)c(F)c1C)N1CCOCCC1CC)OC.CCC(C)C.FC1CC2CCCN2C1. The highest BCUT2D eigenvalue weighted by molar-refractivity contribution is 7.99. The van der Waals surface area contributed by atoms with Crippen molar-refractivity contribution in [1.82, 2.24) is 9.80 Å². The summed E-state index contributed by atoms with van der Waals surface area (Å²) in [6.07, 6.45) is 8.33. The monoisotopic (exact) mass is 787 g/mol. The second kappa shape index (κ2) is 20.7. The van der Waals surface area contributed by atoms with Gasteiger partial charge in [0, 0.05) is 59.9 Å². The van der Waals surface area contributed by atoms with E-state index in [9.17, 15) is 14.0 Å². The highest BCUT2D eigenvalue weighted by atomic mass is 35.5. The lowest BCUT2D eigenvalue weighted by Gasteiger charge is -2.33. The molecule has 296 valence electrons. The molecule has 6 rings (SSSR count). The van der Waals surface area contributed by atoms with E-state index in [1.165, 1.54) is 43.2 Å². The number of amidine groups is 1. The molecule has 0 aliphatic carbocycles. The number of alkyl halides is 1. The summed E-state index contributed by atoms with van der Waals surface area (Å²) >= 11 is 8.03. The van der Waals surface area contributed by atoms with Gasteiger partial charge in [-0.15, -0.1) is 11.8 Å². The molecule has 54 heavy (non-hydrogen) atoms. The molecule has 0 saturated carbocycles. The van der Waals surface area contributed by atoms with Crippen molar-refractivity contribution < 1.29 is 22.6 Å². The average Bonchev–Trinajstić information content (AvgIpc) is 3.65. The van der Waals surface area contributed by atoms with Gasteiger partial charge < -0.3 is 20.1 Å². The summed E-state index contributed by atoms with van der Waals surface area (Å²) < 4.78 is 55.2. The van der Waals surface area contributed by atoms with Gasteiger partial charge in [0.2, 0.25) is 5.88 Å². The van der Waals surface area contributed by atoms with Crippen molar-refractivity contribution in [3.63, 3.8) is 0 Å². The first-order valence-corrected chi connectivity index (χ1v) is 20.7. The van der Waals surface area contributed by atoms with Gasteiger partial charge in [-0.2, -0.15) is 10.3 Å². The molecule has 4 aliphatic rings. The van der Waals surface area contributed by atoms with Crippen molar-refractivity contribution >= 4 is 34.8 Å². The number of ether oxygens (including phenoxy) is 2. The highest BCUT2D eigenvalue weighted by Crippen LogP contribution is 2.46. The summed E-state index contributed by atoms with van der Waals surface area (Å²) in [4.78, 5) is 9.54. The van der Waals surface area contributed by atoms with E-state index >= 15 is 4.39 Å². The van der Waals surface area contributed by atoms with Gasteiger partial charge in [0.25, 0.3) is 0 Å². The van der Waals surface area contributed by atoms with Crippen LogP contribution in [0.1, 0.15) is 96.3 Å². The van der Waals surface area contributed by atoms with Crippen molar-refractivity contribution in [2.45, 2.75) is 110 Å². The second-order valence-electron chi connectivity index (χ2n) is 14.5. The van der Waals surface area contributed by atoms with E-state index < -0.39 is 17.8 Å². The number of hydrogen-bond acceptors (Lipinski definition) is 7. The fraction of sp³-hybridized carbons (Fsp3) is 0.571. The summed E-state index contributed by atoms with van der Waals surface area (Å²) in [7, 11) is 1.55. The number of aliphatic imine (C=N–C) groups is 1. The molecule has 0 radical (unpaired) electrons. The molecule has 3 fully saturated rings. The molecule has 4 aliphatic heterocycles. The number of nitriles is 1. The summed E-state index contributed by atoms with van der Waals surface area (Å²) in [5.74, 6) is 1.05. The van der Waals surface area contributed by atoms with Crippen LogP contribution in [-0.4, -0.2) is 79.6 Å². The Bertz CT molecular complexity index is 1730. The van der Waals surface area contributed by atoms with Gasteiger partial charge in [0.05, 0.1) is 29.2 Å². The first kappa shape index (κ1) is 43.6. The zero-order chi connectivity index (χ0) is 39.5. The van der Waals surface area contributed by atoms with Crippen LogP contribution in [0.25, 0.3) is 16.7 Å². The van der Waals surface area contributed by atoms with Gasteiger partial charge in [0.15, 0.2) is 0 Å². The molecule has 3 atom stereocenters. The first-order chi connectivity index (χ1) is 25.9. The number of allylic oxidation sites excluding steroid dienone is 2.